The summed E-state index contributed by atoms with van der Waals surface area (Å²) in [6.45, 7) is 3.47. The van der Waals surface area contributed by atoms with E-state index in [-0.39, 0.29) is 28.7 Å². The van der Waals surface area contributed by atoms with Crippen molar-refractivity contribution in [1.29, 1.82) is 0 Å². The fourth-order valence-corrected chi connectivity index (χ4v) is 3.91. The van der Waals surface area contributed by atoms with Crippen LogP contribution in [-0.4, -0.2) is 36.5 Å². The van der Waals surface area contributed by atoms with Crippen molar-refractivity contribution in [2.45, 2.75) is 75.8 Å². The van der Waals surface area contributed by atoms with Gasteiger partial charge >= 0.3 is 6.03 Å². The van der Waals surface area contributed by atoms with Gasteiger partial charge in [-0.15, -0.1) is 0 Å². The van der Waals surface area contributed by atoms with Crippen LogP contribution in [0.15, 0.2) is 11.1 Å². The summed E-state index contributed by atoms with van der Waals surface area (Å²) in [7, 11) is -4.12. The highest BCUT2D eigenvalue weighted by Gasteiger charge is 2.25. The normalized spacial score (nSPS) is 16.6. The number of carbonyl (C=O) groups is 1. The van der Waals surface area contributed by atoms with Crippen LogP contribution in [0.2, 0.25) is 0 Å². The number of nitrogens with two attached hydrogens (primary N) is 1. The number of amides is 2. The van der Waals surface area contributed by atoms with Gasteiger partial charge < -0.3 is 16.4 Å². The number of nitrogens with zero attached hydrogens (tertiary/aromatic N) is 2. The van der Waals surface area contributed by atoms with Gasteiger partial charge in [0.2, 0.25) is 5.95 Å². The monoisotopic (exact) mass is 384 g/mol. The SMILES string of the molecule is CC(C)NC(=O)NS(=O)(=O)c1cnc(N)nc1NC1CCCCCCC1. The lowest BCUT2D eigenvalue weighted by atomic mass is 9.97. The number of rotatable bonds is 5. The van der Waals surface area contributed by atoms with Gasteiger partial charge in [-0.2, -0.15) is 4.98 Å². The summed E-state index contributed by atoms with van der Waals surface area (Å²) >= 11 is 0. The molecule has 9 nitrogen and oxygen atoms in total. The molecule has 1 heterocycles. The average Bonchev–Trinajstić information content (AvgIpc) is 2.48. The molecule has 1 aliphatic carbocycles. The lowest BCUT2D eigenvalue weighted by molar-refractivity contribution is 0.243. The number of anilines is 2. The Morgan fingerprint density at radius 2 is 1.81 bits per heavy atom. The van der Waals surface area contributed by atoms with Crippen LogP contribution in [0.4, 0.5) is 16.6 Å². The molecule has 0 radical (unpaired) electrons. The van der Waals surface area contributed by atoms with Crippen molar-refractivity contribution in [3.8, 4) is 0 Å². The standard InChI is InChI=1S/C16H28N6O3S/c1-11(2)19-16(23)22-26(24,25)13-10-18-15(17)21-14(13)20-12-8-6-4-3-5-7-9-12/h10-12H,3-9H2,1-2H3,(H2,19,22,23)(H3,17,18,20,21). The van der Waals surface area contributed by atoms with Gasteiger partial charge in [0.15, 0.2) is 5.82 Å². The van der Waals surface area contributed by atoms with Crippen LogP contribution < -0.4 is 21.1 Å². The van der Waals surface area contributed by atoms with E-state index in [0.29, 0.717) is 0 Å². The quantitative estimate of drug-likeness (QED) is 0.608. The Hall–Kier alpha value is -2.10. The Kier molecular flexibility index (Phi) is 7.01. The van der Waals surface area contributed by atoms with E-state index in [1.807, 2.05) is 4.72 Å². The molecule has 0 aliphatic heterocycles. The van der Waals surface area contributed by atoms with E-state index in [1.165, 1.54) is 19.3 Å². The van der Waals surface area contributed by atoms with Crippen molar-refractivity contribution in [3.63, 3.8) is 0 Å². The van der Waals surface area contributed by atoms with Gasteiger partial charge in [0.1, 0.15) is 4.90 Å². The zero-order chi connectivity index (χ0) is 19.2. The van der Waals surface area contributed by atoms with Gasteiger partial charge in [0, 0.05) is 12.1 Å². The van der Waals surface area contributed by atoms with E-state index in [4.69, 9.17) is 5.73 Å². The number of nitrogens with one attached hydrogen (secondary N) is 3. The van der Waals surface area contributed by atoms with Crippen molar-refractivity contribution in [2.75, 3.05) is 11.1 Å². The molecule has 10 heteroatoms. The number of nitrogen functional groups attached to an aromatic ring is 1. The molecular weight excluding hydrogens is 356 g/mol. The molecular formula is C16H28N6O3S. The van der Waals surface area contributed by atoms with E-state index in [1.54, 1.807) is 13.8 Å². The molecule has 2 amide bonds. The van der Waals surface area contributed by atoms with E-state index in [0.717, 1.165) is 31.9 Å². The number of urea groups is 1. The third-order valence-corrected chi connectivity index (χ3v) is 5.49. The fraction of sp³-hybridized carbons (Fsp3) is 0.688. The van der Waals surface area contributed by atoms with Crippen LogP contribution in [-0.2, 0) is 10.0 Å². The number of aromatic nitrogens is 2. The Bertz CT molecular complexity index is 715. The van der Waals surface area contributed by atoms with Crippen molar-refractivity contribution < 1.29 is 13.2 Å². The smallest absolute Gasteiger partial charge is 0.328 e. The molecule has 0 saturated heterocycles. The summed E-state index contributed by atoms with van der Waals surface area (Å²) in [6.07, 6.45) is 8.73. The predicted octanol–water partition coefficient (Wildman–Crippen LogP) is 1.98. The second kappa shape index (κ2) is 9.02. The Morgan fingerprint density at radius 3 is 2.42 bits per heavy atom. The second-order valence-corrected chi connectivity index (χ2v) is 8.51. The molecule has 1 aromatic heterocycles. The van der Waals surface area contributed by atoms with Gasteiger partial charge in [-0.25, -0.2) is 22.9 Å². The Balaban J connectivity index is 2.21. The van der Waals surface area contributed by atoms with Crippen LogP contribution in [0.1, 0.15) is 58.8 Å². The van der Waals surface area contributed by atoms with E-state index < -0.39 is 16.1 Å². The Labute approximate surface area is 154 Å². The number of sulfonamides is 1. The summed E-state index contributed by atoms with van der Waals surface area (Å²) in [6, 6.07) is -0.878. The van der Waals surface area contributed by atoms with Gasteiger partial charge in [0.05, 0.1) is 6.20 Å². The third kappa shape index (κ3) is 6.01. The molecule has 0 unspecified atom stereocenters. The Morgan fingerprint density at radius 1 is 1.19 bits per heavy atom. The first-order chi connectivity index (χ1) is 12.3. The average molecular weight is 385 g/mol. The lowest BCUT2D eigenvalue weighted by Crippen LogP contribution is -2.42. The molecule has 0 aromatic carbocycles. The topological polar surface area (TPSA) is 139 Å². The highest BCUT2D eigenvalue weighted by Crippen LogP contribution is 2.24. The summed E-state index contributed by atoms with van der Waals surface area (Å²) in [4.78, 5) is 19.5. The maximum Gasteiger partial charge on any atom is 0.328 e. The van der Waals surface area contributed by atoms with E-state index >= 15 is 0 Å². The predicted molar refractivity (Wildman–Crippen MR) is 100 cm³/mol. The minimum absolute atomic E-state index is 0.0241. The summed E-state index contributed by atoms with van der Waals surface area (Å²) in [5.74, 6) is 0.108. The van der Waals surface area contributed by atoms with Crippen LogP contribution in [0.25, 0.3) is 0 Å². The first-order valence-corrected chi connectivity index (χ1v) is 10.5. The maximum atomic E-state index is 12.6. The summed E-state index contributed by atoms with van der Waals surface area (Å²) in [5.41, 5.74) is 5.64. The molecule has 1 aliphatic rings. The van der Waals surface area contributed by atoms with Gasteiger partial charge in [-0.3, -0.25) is 0 Å². The van der Waals surface area contributed by atoms with E-state index in [9.17, 15) is 13.2 Å². The molecule has 5 N–H and O–H groups in total. The third-order valence-electron chi connectivity index (χ3n) is 4.16. The fourth-order valence-electron chi connectivity index (χ4n) is 2.95. The first kappa shape index (κ1) is 20.2. The number of hydrogen-bond donors (Lipinski definition) is 4. The zero-order valence-corrected chi connectivity index (χ0v) is 16.1. The minimum Gasteiger partial charge on any atom is -0.368 e. The van der Waals surface area contributed by atoms with Crippen molar-refractivity contribution in [2.24, 2.45) is 0 Å². The number of hydrogen-bond acceptors (Lipinski definition) is 7. The van der Waals surface area contributed by atoms with Crippen LogP contribution >= 0.6 is 0 Å². The molecule has 0 atom stereocenters. The van der Waals surface area contributed by atoms with Gasteiger partial charge in [-0.1, -0.05) is 32.1 Å². The van der Waals surface area contributed by atoms with Gasteiger partial charge in [-0.05, 0) is 26.7 Å². The summed E-state index contributed by atoms with van der Waals surface area (Å²) in [5, 5.41) is 5.68. The largest absolute Gasteiger partial charge is 0.368 e. The zero-order valence-electron chi connectivity index (χ0n) is 15.3. The molecule has 2 rings (SSSR count). The molecule has 1 saturated carbocycles. The summed E-state index contributed by atoms with van der Waals surface area (Å²) < 4.78 is 27.2. The van der Waals surface area contributed by atoms with Gasteiger partial charge in [0.25, 0.3) is 10.0 Å². The molecule has 0 bridgehead atoms. The maximum absolute atomic E-state index is 12.6. The van der Waals surface area contributed by atoms with Crippen molar-refractivity contribution in [1.82, 2.24) is 20.0 Å². The van der Waals surface area contributed by atoms with Crippen LogP contribution in [0.5, 0.6) is 0 Å². The molecule has 1 aromatic rings. The minimum atomic E-state index is -4.12. The molecule has 26 heavy (non-hydrogen) atoms. The van der Waals surface area contributed by atoms with E-state index in [2.05, 4.69) is 20.6 Å². The number of carbonyl (C=O) groups excluding carboxylic acids is 1. The highest BCUT2D eigenvalue weighted by atomic mass is 32.2. The second-order valence-electron chi connectivity index (χ2n) is 6.86. The van der Waals surface area contributed by atoms with Crippen molar-refractivity contribution >= 4 is 27.8 Å². The molecule has 0 spiro atoms. The van der Waals surface area contributed by atoms with Crippen LogP contribution in [0.3, 0.4) is 0 Å². The van der Waals surface area contributed by atoms with Crippen molar-refractivity contribution in [3.05, 3.63) is 6.20 Å². The molecule has 1 fully saturated rings. The highest BCUT2D eigenvalue weighted by molar-refractivity contribution is 7.90. The van der Waals surface area contributed by atoms with Crippen LogP contribution in [0, 0.1) is 0 Å². The first-order valence-electron chi connectivity index (χ1n) is 9.00. The lowest BCUT2D eigenvalue weighted by Gasteiger charge is -2.23. The molecule has 146 valence electrons.